The number of carbonyl (C=O) groups excluding carboxylic acids is 2. The Morgan fingerprint density at radius 1 is 1.23 bits per heavy atom. The summed E-state index contributed by atoms with van der Waals surface area (Å²) < 4.78 is 6.39. The molecule has 0 aromatic rings. The van der Waals surface area contributed by atoms with Crippen molar-refractivity contribution in [1.29, 1.82) is 0 Å². The van der Waals surface area contributed by atoms with Crippen molar-refractivity contribution in [3.63, 3.8) is 0 Å². The van der Waals surface area contributed by atoms with Crippen molar-refractivity contribution in [1.82, 2.24) is 5.32 Å². The summed E-state index contributed by atoms with van der Waals surface area (Å²) in [4.78, 5) is 26.8. The average molecular weight is 506 g/mol. The zero-order chi connectivity index (χ0) is 25.6. The Morgan fingerprint density at radius 3 is 2.63 bits per heavy atom. The number of ketones is 1. The highest BCUT2D eigenvalue weighted by atomic mass is 32.2. The second-order valence-corrected chi connectivity index (χ2v) is 13.8. The quantitative estimate of drug-likeness (QED) is 0.384. The molecule has 2 N–H and O–H groups in total. The van der Waals surface area contributed by atoms with Crippen LogP contribution in [0.5, 0.6) is 0 Å². The molecule has 5 nitrogen and oxygen atoms in total. The van der Waals surface area contributed by atoms with Gasteiger partial charge in [-0.25, -0.2) is 0 Å². The SMILES string of the molecule is C=C[C@]1(C)C[C@@H](OC(=O)CSC2CCCCC2NC)[C@@]2(C)C3C(=O)CC[C@@]3(CC[C@H]2C)[C@@H](C)[C@@H]1O. The van der Waals surface area contributed by atoms with Crippen molar-refractivity contribution in [3.8, 4) is 0 Å². The molecule has 0 amide bonds. The summed E-state index contributed by atoms with van der Waals surface area (Å²) >= 11 is 1.71. The third-order valence-corrected chi connectivity index (χ3v) is 12.5. The largest absolute Gasteiger partial charge is 0.461 e. The standard InChI is InChI=1S/C29H47NO4S/c1-7-27(4)16-23(34-24(32)17-35-22-11-9-8-10-20(22)30-6)28(5)18(2)12-14-29(19(3)26(27)33)15-13-21(31)25(28)29/h7,18-20,22-23,25-26,30,33H,1,8-17H2,2-6H3/t18-,19+,20?,22?,23-,25?,26+,27-,28+,29+/m1/s1. The summed E-state index contributed by atoms with van der Waals surface area (Å²) in [6, 6.07) is 0.441. The van der Waals surface area contributed by atoms with Crippen LogP contribution in [-0.2, 0) is 14.3 Å². The fourth-order valence-corrected chi connectivity index (χ4v) is 9.75. The maximum atomic E-state index is 13.5. The van der Waals surface area contributed by atoms with Crippen LogP contribution < -0.4 is 5.32 Å². The molecule has 10 atom stereocenters. The van der Waals surface area contributed by atoms with Gasteiger partial charge in [0.15, 0.2) is 0 Å². The summed E-state index contributed by atoms with van der Waals surface area (Å²) in [5.41, 5.74) is -1.26. The highest BCUT2D eigenvalue weighted by Crippen LogP contribution is 2.68. The van der Waals surface area contributed by atoms with E-state index in [2.05, 4.69) is 32.7 Å². The third-order valence-electron chi connectivity index (χ3n) is 11.1. The minimum Gasteiger partial charge on any atom is -0.461 e. The second kappa shape index (κ2) is 10.1. The van der Waals surface area contributed by atoms with Crippen LogP contribution >= 0.6 is 11.8 Å². The van der Waals surface area contributed by atoms with E-state index in [1.165, 1.54) is 12.8 Å². The molecular weight excluding hydrogens is 458 g/mol. The molecule has 2 bridgehead atoms. The number of carbonyl (C=O) groups is 2. The van der Waals surface area contributed by atoms with Crippen molar-refractivity contribution < 1.29 is 19.4 Å². The lowest BCUT2D eigenvalue weighted by Gasteiger charge is -2.61. The lowest BCUT2D eigenvalue weighted by Crippen LogP contribution is -2.63. The first-order valence-electron chi connectivity index (χ1n) is 13.9. The maximum Gasteiger partial charge on any atom is 0.316 e. The van der Waals surface area contributed by atoms with Gasteiger partial charge >= 0.3 is 5.97 Å². The van der Waals surface area contributed by atoms with Gasteiger partial charge in [-0.2, -0.15) is 0 Å². The van der Waals surface area contributed by atoms with Gasteiger partial charge in [0.05, 0.1) is 11.9 Å². The van der Waals surface area contributed by atoms with Gasteiger partial charge in [0.1, 0.15) is 11.9 Å². The Labute approximate surface area is 216 Å². The Balaban J connectivity index is 1.63. The van der Waals surface area contributed by atoms with E-state index < -0.39 is 23.0 Å². The van der Waals surface area contributed by atoms with Crippen molar-refractivity contribution in [3.05, 3.63) is 12.7 Å². The van der Waals surface area contributed by atoms with E-state index in [1.54, 1.807) is 11.8 Å². The molecule has 0 spiro atoms. The van der Waals surface area contributed by atoms with E-state index in [1.807, 2.05) is 20.0 Å². The molecule has 0 saturated heterocycles. The number of rotatable bonds is 6. The number of hydrogen-bond acceptors (Lipinski definition) is 6. The first-order valence-corrected chi connectivity index (χ1v) is 14.9. The number of ether oxygens (including phenoxy) is 1. The van der Waals surface area contributed by atoms with Gasteiger partial charge in [-0.05, 0) is 62.8 Å². The zero-order valence-corrected chi connectivity index (χ0v) is 23.3. The van der Waals surface area contributed by atoms with Crippen molar-refractivity contribution in [2.24, 2.45) is 34.0 Å². The van der Waals surface area contributed by atoms with Crippen LogP contribution in [0.4, 0.5) is 0 Å². The maximum absolute atomic E-state index is 13.5. The molecule has 6 heteroatoms. The minimum absolute atomic E-state index is 0.00855. The molecule has 198 valence electrons. The molecule has 0 radical (unpaired) electrons. The molecule has 0 aromatic heterocycles. The van der Waals surface area contributed by atoms with E-state index in [-0.39, 0.29) is 29.1 Å². The van der Waals surface area contributed by atoms with Crippen LogP contribution in [0.3, 0.4) is 0 Å². The van der Waals surface area contributed by atoms with E-state index in [0.717, 1.165) is 32.1 Å². The molecule has 35 heavy (non-hydrogen) atoms. The highest BCUT2D eigenvalue weighted by molar-refractivity contribution is 8.00. The molecule has 0 heterocycles. The van der Waals surface area contributed by atoms with Crippen LogP contribution in [0.15, 0.2) is 12.7 Å². The lowest BCUT2D eigenvalue weighted by atomic mass is 9.44. The highest BCUT2D eigenvalue weighted by Gasteiger charge is 2.68. The first-order chi connectivity index (χ1) is 16.5. The molecule has 4 fully saturated rings. The van der Waals surface area contributed by atoms with Gasteiger partial charge in [-0.1, -0.05) is 46.6 Å². The van der Waals surface area contributed by atoms with Gasteiger partial charge in [0.2, 0.25) is 0 Å². The summed E-state index contributed by atoms with van der Waals surface area (Å²) in [5, 5.41) is 15.5. The molecule has 4 rings (SSSR count). The summed E-state index contributed by atoms with van der Waals surface area (Å²) in [7, 11) is 2.01. The molecule has 4 saturated carbocycles. The normalized spacial score (nSPS) is 47.9. The molecule has 0 aliphatic heterocycles. The van der Waals surface area contributed by atoms with Crippen LogP contribution in [0.1, 0.15) is 85.5 Å². The number of Topliss-reactive ketones (excluding diaryl/α,β-unsaturated/α-hetero) is 1. The third kappa shape index (κ3) is 4.44. The number of aliphatic hydroxyl groups is 1. The molecule has 4 aliphatic carbocycles. The predicted molar refractivity (Wildman–Crippen MR) is 142 cm³/mol. The van der Waals surface area contributed by atoms with Gasteiger partial charge in [0, 0.05) is 34.5 Å². The summed E-state index contributed by atoms with van der Waals surface area (Å²) in [6.45, 7) is 12.7. The lowest BCUT2D eigenvalue weighted by molar-refractivity contribution is -0.205. The fourth-order valence-electron chi connectivity index (χ4n) is 8.50. The predicted octanol–water partition coefficient (Wildman–Crippen LogP) is 5.16. The van der Waals surface area contributed by atoms with E-state index in [0.29, 0.717) is 35.7 Å². The van der Waals surface area contributed by atoms with E-state index in [9.17, 15) is 14.7 Å². The fraction of sp³-hybridized carbons (Fsp3) is 0.862. The van der Waals surface area contributed by atoms with E-state index >= 15 is 0 Å². The molecule has 3 unspecified atom stereocenters. The number of hydrogen-bond donors (Lipinski definition) is 2. The number of esters is 1. The van der Waals surface area contributed by atoms with Gasteiger partial charge in [-0.3, -0.25) is 9.59 Å². The molecule has 4 aliphatic rings. The zero-order valence-electron chi connectivity index (χ0n) is 22.5. The Hall–Kier alpha value is -0.850. The number of aliphatic hydroxyl groups excluding tert-OH is 1. The van der Waals surface area contributed by atoms with Crippen molar-refractivity contribution in [2.75, 3.05) is 12.8 Å². The van der Waals surface area contributed by atoms with Gasteiger partial charge in [0.25, 0.3) is 0 Å². The van der Waals surface area contributed by atoms with Crippen LogP contribution in [0.2, 0.25) is 0 Å². The van der Waals surface area contributed by atoms with Crippen molar-refractivity contribution >= 4 is 23.5 Å². The smallest absolute Gasteiger partial charge is 0.316 e. The number of nitrogens with one attached hydrogen (secondary N) is 1. The second-order valence-electron chi connectivity index (χ2n) is 12.6. The van der Waals surface area contributed by atoms with Crippen LogP contribution in [0, 0.1) is 34.0 Å². The number of thioether (sulfide) groups is 1. The average Bonchev–Trinajstić information content (AvgIpc) is 3.21. The molecule has 0 aromatic carbocycles. The Bertz CT molecular complexity index is 833. The van der Waals surface area contributed by atoms with Crippen LogP contribution in [0.25, 0.3) is 0 Å². The van der Waals surface area contributed by atoms with Crippen molar-refractivity contribution in [2.45, 2.75) is 109 Å². The van der Waals surface area contributed by atoms with Gasteiger partial charge in [-0.15, -0.1) is 18.3 Å². The minimum atomic E-state index is -0.624. The Morgan fingerprint density at radius 2 is 1.94 bits per heavy atom. The summed E-state index contributed by atoms with van der Waals surface area (Å²) in [5.74, 6) is 0.523. The summed E-state index contributed by atoms with van der Waals surface area (Å²) in [6.07, 6.45) is 9.39. The monoisotopic (exact) mass is 505 g/mol. The van der Waals surface area contributed by atoms with Gasteiger partial charge < -0.3 is 15.2 Å². The van der Waals surface area contributed by atoms with E-state index in [4.69, 9.17) is 4.74 Å². The molecular formula is C29H47NO4S. The first kappa shape index (κ1) is 27.2. The topological polar surface area (TPSA) is 75.6 Å². The van der Waals surface area contributed by atoms with Crippen LogP contribution in [-0.4, -0.2) is 53.2 Å². The Kier molecular flexibility index (Phi) is 7.87.